The zero-order valence-electron chi connectivity index (χ0n) is 8.90. The van der Waals surface area contributed by atoms with Gasteiger partial charge in [-0.2, -0.15) is 0 Å². The summed E-state index contributed by atoms with van der Waals surface area (Å²) >= 11 is 0. The first-order valence-electron chi connectivity index (χ1n) is 5.25. The SMILES string of the molecule is CN1CCC2(CC=C(O[B]O)CC2)C1=O. The van der Waals surface area contributed by atoms with Crippen LogP contribution in [-0.2, 0) is 9.45 Å². The van der Waals surface area contributed by atoms with Crippen LogP contribution in [0, 0.1) is 5.41 Å². The number of likely N-dealkylation sites (tertiary alicyclic amines) is 1. The van der Waals surface area contributed by atoms with E-state index in [1.165, 1.54) is 0 Å². The van der Waals surface area contributed by atoms with Crippen LogP contribution in [-0.4, -0.2) is 37.1 Å². The van der Waals surface area contributed by atoms with Crippen LogP contribution >= 0.6 is 0 Å². The maximum Gasteiger partial charge on any atom is 0.569 e. The minimum absolute atomic E-state index is 0.183. The number of carbonyl (C=O) groups excluding carboxylic acids is 1. The lowest BCUT2D eigenvalue weighted by Gasteiger charge is -2.30. The Balaban J connectivity index is 2.06. The van der Waals surface area contributed by atoms with Crippen molar-refractivity contribution in [3.63, 3.8) is 0 Å². The molecule has 2 aliphatic rings. The first kappa shape index (κ1) is 10.5. The summed E-state index contributed by atoms with van der Waals surface area (Å²) in [6.07, 6.45) is 5.16. The number of hydrogen-bond acceptors (Lipinski definition) is 3. The summed E-state index contributed by atoms with van der Waals surface area (Å²) < 4.78 is 4.91. The monoisotopic (exact) mass is 208 g/mol. The molecule has 0 bridgehead atoms. The average molecular weight is 208 g/mol. The van der Waals surface area contributed by atoms with Gasteiger partial charge in [0.05, 0.1) is 11.2 Å². The van der Waals surface area contributed by atoms with Gasteiger partial charge in [0, 0.05) is 20.0 Å². The van der Waals surface area contributed by atoms with Gasteiger partial charge >= 0.3 is 7.69 Å². The molecule has 0 aromatic heterocycles. The normalized spacial score (nSPS) is 30.7. The smallest absolute Gasteiger partial charge is 0.541 e. The molecule has 1 N–H and O–H groups in total. The summed E-state index contributed by atoms with van der Waals surface area (Å²) in [5.74, 6) is 1.02. The molecule has 1 fully saturated rings. The van der Waals surface area contributed by atoms with E-state index < -0.39 is 0 Å². The van der Waals surface area contributed by atoms with Gasteiger partial charge in [0.25, 0.3) is 0 Å². The highest BCUT2D eigenvalue weighted by molar-refractivity contribution is 6.16. The number of hydrogen-bond donors (Lipinski definition) is 1. The Kier molecular flexibility index (Phi) is 2.73. The van der Waals surface area contributed by atoms with E-state index in [2.05, 4.69) is 0 Å². The largest absolute Gasteiger partial charge is 0.569 e. The third kappa shape index (κ3) is 1.76. The van der Waals surface area contributed by atoms with Gasteiger partial charge in [-0.25, -0.2) is 0 Å². The van der Waals surface area contributed by atoms with E-state index in [9.17, 15) is 4.79 Å². The molecule has 0 aromatic rings. The zero-order chi connectivity index (χ0) is 10.9. The molecule has 5 heteroatoms. The summed E-state index contributed by atoms with van der Waals surface area (Å²) in [6, 6.07) is 0. The number of rotatable bonds is 2. The summed E-state index contributed by atoms with van der Waals surface area (Å²) in [5.41, 5.74) is -0.183. The minimum atomic E-state index is -0.183. The number of carbonyl (C=O) groups is 1. The summed E-state index contributed by atoms with van der Waals surface area (Å²) in [7, 11) is 2.56. The lowest BCUT2D eigenvalue weighted by molar-refractivity contribution is -0.135. The van der Waals surface area contributed by atoms with Gasteiger partial charge in [-0.05, 0) is 25.3 Å². The maximum absolute atomic E-state index is 11.9. The summed E-state index contributed by atoms with van der Waals surface area (Å²) in [6.45, 7) is 0.856. The van der Waals surface area contributed by atoms with E-state index >= 15 is 0 Å². The number of allylic oxidation sites excluding steroid dienone is 2. The van der Waals surface area contributed by atoms with Gasteiger partial charge in [0.15, 0.2) is 0 Å². The molecule has 2 rings (SSSR count). The zero-order valence-corrected chi connectivity index (χ0v) is 8.90. The molecule has 1 amide bonds. The van der Waals surface area contributed by atoms with Crippen molar-refractivity contribution < 1.29 is 14.5 Å². The molecular formula is C10H15BNO3. The molecule has 1 heterocycles. The molecule has 1 atom stereocenters. The van der Waals surface area contributed by atoms with E-state index in [0.29, 0.717) is 7.69 Å². The van der Waals surface area contributed by atoms with Crippen molar-refractivity contribution in [2.24, 2.45) is 5.41 Å². The van der Waals surface area contributed by atoms with Gasteiger partial charge in [0.1, 0.15) is 0 Å². The lowest BCUT2D eigenvalue weighted by atomic mass is 9.75. The first-order chi connectivity index (χ1) is 7.18. The van der Waals surface area contributed by atoms with Crippen LogP contribution in [0.25, 0.3) is 0 Å². The molecule has 1 radical (unpaired) electrons. The molecule has 1 unspecified atom stereocenters. The van der Waals surface area contributed by atoms with Crippen molar-refractivity contribution in [3.8, 4) is 0 Å². The quantitative estimate of drug-likeness (QED) is 0.670. The third-order valence-corrected chi connectivity index (χ3v) is 3.50. The Labute approximate surface area is 90.2 Å². The summed E-state index contributed by atoms with van der Waals surface area (Å²) in [5, 5.41) is 8.51. The summed E-state index contributed by atoms with van der Waals surface area (Å²) in [4.78, 5) is 13.7. The first-order valence-corrected chi connectivity index (χ1v) is 5.25. The Morgan fingerprint density at radius 1 is 1.60 bits per heavy atom. The molecule has 0 saturated carbocycles. The van der Waals surface area contributed by atoms with Crippen molar-refractivity contribution in [1.82, 2.24) is 4.90 Å². The maximum atomic E-state index is 11.9. The standard InChI is InChI=1S/C10H15BNO3/c1-12-7-6-10(9(12)13)4-2-8(3-5-10)15-11-14/h2,14H,3-7H2,1H3. The van der Waals surface area contributed by atoms with Crippen molar-refractivity contribution >= 4 is 13.6 Å². The molecule has 81 valence electrons. The van der Waals surface area contributed by atoms with E-state index in [0.717, 1.165) is 38.0 Å². The van der Waals surface area contributed by atoms with Crippen molar-refractivity contribution in [2.45, 2.75) is 25.7 Å². The molecule has 4 nitrogen and oxygen atoms in total. The van der Waals surface area contributed by atoms with Crippen LogP contribution < -0.4 is 0 Å². The Morgan fingerprint density at radius 3 is 2.87 bits per heavy atom. The van der Waals surface area contributed by atoms with Crippen LogP contribution in [0.3, 0.4) is 0 Å². The van der Waals surface area contributed by atoms with Crippen molar-refractivity contribution in [1.29, 1.82) is 0 Å². The van der Waals surface area contributed by atoms with Gasteiger partial charge < -0.3 is 14.6 Å². The van der Waals surface area contributed by atoms with E-state index in [-0.39, 0.29) is 11.3 Å². The van der Waals surface area contributed by atoms with E-state index in [4.69, 9.17) is 9.68 Å². The van der Waals surface area contributed by atoms with Crippen LogP contribution in [0.5, 0.6) is 0 Å². The second-order valence-corrected chi connectivity index (χ2v) is 4.35. The second-order valence-electron chi connectivity index (χ2n) is 4.35. The highest BCUT2D eigenvalue weighted by Crippen LogP contribution is 2.43. The van der Waals surface area contributed by atoms with Gasteiger partial charge in [-0.15, -0.1) is 0 Å². The Morgan fingerprint density at radius 2 is 2.40 bits per heavy atom. The molecule has 0 aromatic carbocycles. The predicted molar refractivity (Wildman–Crippen MR) is 55.7 cm³/mol. The fourth-order valence-corrected chi connectivity index (χ4v) is 2.47. The average Bonchev–Trinajstić information content (AvgIpc) is 2.52. The number of nitrogens with zero attached hydrogens (tertiary/aromatic N) is 1. The van der Waals surface area contributed by atoms with Gasteiger partial charge in [-0.3, -0.25) is 4.79 Å². The molecule has 1 spiro atoms. The van der Waals surface area contributed by atoms with Crippen molar-refractivity contribution in [3.05, 3.63) is 11.8 Å². The second kappa shape index (κ2) is 3.89. The Hall–Kier alpha value is -0.965. The molecule has 1 aliphatic heterocycles. The fourth-order valence-electron chi connectivity index (χ4n) is 2.47. The van der Waals surface area contributed by atoms with Gasteiger partial charge in [0.2, 0.25) is 5.91 Å². The molecule has 1 saturated heterocycles. The highest BCUT2D eigenvalue weighted by atomic mass is 16.5. The van der Waals surface area contributed by atoms with Crippen LogP contribution in [0.15, 0.2) is 11.8 Å². The lowest BCUT2D eigenvalue weighted by Crippen LogP contribution is -2.33. The Bertz CT molecular complexity index is 305. The third-order valence-electron chi connectivity index (χ3n) is 3.50. The number of amides is 1. The van der Waals surface area contributed by atoms with Crippen LogP contribution in [0.1, 0.15) is 25.7 Å². The van der Waals surface area contributed by atoms with E-state index in [1.807, 2.05) is 13.1 Å². The highest BCUT2D eigenvalue weighted by Gasteiger charge is 2.45. The fraction of sp³-hybridized carbons (Fsp3) is 0.700. The molecular weight excluding hydrogens is 193 g/mol. The van der Waals surface area contributed by atoms with Crippen LogP contribution in [0.4, 0.5) is 0 Å². The topological polar surface area (TPSA) is 49.8 Å². The minimum Gasteiger partial charge on any atom is -0.541 e. The van der Waals surface area contributed by atoms with E-state index in [1.54, 1.807) is 4.90 Å². The van der Waals surface area contributed by atoms with Crippen molar-refractivity contribution in [2.75, 3.05) is 13.6 Å². The molecule has 1 aliphatic carbocycles. The molecule has 15 heavy (non-hydrogen) atoms. The van der Waals surface area contributed by atoms with Gasteiger partial charge in [-0.1, -0.05) is 0 Å². The predicted octanol–water partition coefficient (Wildman–Crippen LogP) is 0.446. The van der Waals surface area contributed by atoms with Crippen LogP contribution in [0.2, 0.25) is 0 Å².